The normalized spacial score (nSPS) is 13.8. The van der Waals surface area contributed by atoms with Gasteiger partial charge in [-0.05, 0) is 24.1 Å². The lowest BCUT2D eigenvalue weighted by atomic mass is 10.2. The summed E-state index contributed by atoms with van der Waals surface area (Å²) in [5, 5.41) is 6.61. The van der Waals surface area contributed by atoms with Crippen LogP contribution in [0, 0.1) is 0 Å². The lowest BCUT2D eigenvalue weighted by Gasteiger charge is -2.13. The standard InChI is InChI=1S/C16H25N3O2.HI/c1-3-4-8-18-16(17-2)19-12-13-6-7-14-15(11-13)21-10-5-9-20-14;/h6-7,11H,3-5,8-10,12H2,1-2H3,(H2,17,18,19);1H. The number of nitrogens with one attached hydrogen (secondary N) is 2. The number of guanidine groups is 1. The van der Waals surface area contributed by atoms with Crippen LogP contribution in [-0.2, 0) is 6.54 Å². The lowest BCUT2D eigenvalue weighted by molar-refractivity contribution is 0.297. The molecule has 0 saturated carbocycles. The fourth-order valence-electron chi connectivity index (χ4n) is 2.11. The Kier molecular flexibility index (Phi) is 9.03. The first kappa shape index (κ1) is 18.9. The number of hydrogen-bond donors (Lipinski definition) is 2. The van der Waals surface area contributed by atoms with Gasteiger partial charge in [0.1, 0.15) is 0 Å². The Bertz CT molecular complexity index is 480. The summed E-state index contributed by atoms with van der Waals surface area (Å²) < 4.78 is 11.3. The van der Waals surface area contributed by atoms with Gasteiger partial charge >= 0.3 is 0 Å². The summed E-state index contributed by atoms with van der Waals surface area (Å²) in [7, 11) is 1.79. The van der Waals surface area contributed by atoms with Crippen molar-refractivity contribution in [3.05, 3.63) is 23.8 Å². The van der Waals surface area contributed by atoms with E-state index >= 15 is 0 Å². The molecule has 0 fully saturated rings. The molecule has 22 heavy (non-hydrogen) atoms. The van der Waals surface area contributed by atoms with Crippen LogP contribution in [0.15, 0.2) is 23.2 Å². The molecular formula is C16H26IN3O2. The Labute approximate surface area is 149 Å². The summed E-state index contributed by atoms with van der Waals surface area (Å²) in [5.41, 5.74) is 1.15. The molecule has 0 atom stereocenters. The van der Waals surface area contributed by atoms with Crippen LogP contribution < -0.4 is 20.1 Å². The highest BCUT2D eigenvalue weighted by molar-refractivity contribution is 14.0. The van der Waals surface area contributed by atoms with E-state index in [1.54, 1.807) is 7.05 Å². The molecule has 0 radical (unpaired) electrons. The minimum atomic E-state index is 0. The van der Waals surface area contributed by atoms with Crippen LogP contribution in [0.25, 0.3) is 0 Å². The molecule has 0 aliphatic carbocycles. The van der Waals surface area contributed by atoms with E-state index in [0.717, 1.165) is 49.0 Å². The molecule has 2 rings (SSSR count). The lowest BCUT2D eigenvalue weighted by Crippen LogP contribution is -2.37. The minimum absolute atomic E-state index is 0. The zero-order valence-corrected chi connectivity index (χ0v) is 15.7. The zero-order valence-electron chi connectivity index (χ0n) is 13.4. The summed E-state index contributed by atoms with van der Waals surface area (Å²) in [4.78, 5) is 4.22. The van der Waals surface area contributed by atoms with Gasteiger partial charge in [0, 0.05) is 26.6 Å². The van der Waals surface area contributed by atoms with E-state index in [2.05, 4.69) is 28.6 Å². The molecule has 124 valence electrons. The first-order chi connectivity index (χ1) is 10.3. The van der Waals surface area contributed by atoms with Gasteiger partial charge in [0.25, 0.3) is 0 Å². The van der Waals surface area contributed by atoms with Crippen molar-refractivity contribution < 1.29 is 9.47 Å². The Morgan fingerprint density at radius 3 is 2.68 bits per heavy atom. The fourth-order valence-corrected chi connectivity index (χ4v) is 2.11. The van der Waals surface area contributed by atoms with Crippen LogP contribution in [0.4, 0.5) is 0 Å². The third-order valence-electron chi connectivity index (χ3n) is 3.32. The fraction of sp³-hybridized carbons (Fsp3) is 0.562. The molecule has 0 amide bonds. The molecule has 1 aromatic carbocycles. The van der Waals surface area contributed by atoms with E-state index in [1.165, 1.54) is 6.42 Å². The van der Waals surface area contributed by atoms with E-state index in [1.807, 2.05) is 12.1 Å². The molecular weight excluding hydrogens is 393 g/mol. The molecule has 0 aromatic heterocycles. The smallest absolute Gasteiger partial charge is 0.191 e. The maximum atomic E-state index is 5.70. The number of benzene rings is 1. The van der Waals surface area contributed by atoms with E-state index in [4.69, 9.17) is 9.47 Å². The summed E-state index contributed by atoms with van der Waals surface area (Å²) in [6, 6.07) is 6.07. The molecule has 1 heterocycles. The van der Waals surface area contributed by atoms with Crippen LogP contribution in [-0.4, -0.2) is 32.8 Å². The maximum absolute atomic E-state index is 5.70. The number of unbranched alkanes of at least 4 members (excludes halogenated alkanes) is 1. The van der Waals surface area contributed by atoms with Crippen LogP contribution in [0.2, 0.25) is 0 Å². The monoisotopic (exact) mass is 419 g/mol. The van der Waals surface area contributed by atoms with E-state index in [0.29, 0.717) is 13.2 Å². The minimum Gasteiger partial charge on any atom is -0.490 e. The molecule has 6 heteroatoms. The van der Waals surface area contributed by atoms with Crippen LogP contribution >= 0.6 is 24.0 Å². The first-order valence-corrected chi connectivity index (χ1v) is 7.66. The molecule has 0 spiro atoms. The third kappa shape index (κ3) is 5.90. The van der Waals surface area contributed by atoms with E-state index in [9.17, 15) is 0 Å². The quantitative estimate of drug-likeness (QED) is 0.334. The molecule has 5 nitrogen and oxygen atoms in total. The van der Waals surface area contributed by atoms with Crippen molar-refractivity contribution in [2.45, 2.75) is 32.7 Å². The highest BCUT2D eigenvalue weighted by Crippen LogP contribution is 2.30. The van der Waals surface area contributed by atoms with Crippen LogP contribution in [0.1, 0.15) is 31.7 Å². The molecule has 1 aliphatic heterocycles. The molecule has 0 saturated heterocycles. The highest BCUT2D eigenvalue weighted by Gasteiger charge is 2.10. The summed E-state index contributed by atoms with van der Waals surface area (Å²) in [5.74, 6) is 2.50. The molecule has 2 N–H and O–H groups in total. The SMILES string of the molecule is CCCCNC(=NC)NCc1ccc2c(c1)OCCCO2.I. The second kappa shape index (κ2) is 10.5. The van der Waals surface area contributed by atoms with Crippen molar-refractivity contribution in [3.8, 4) is 11.5 Å². The second-order valence-electron chi connectivity index (χ2n) is 5.04. The van der Waals surface area contributed by atoms with Gasteiger partial charge in [-0.2, -0.15) is 0 Å². The van der Waals surface area contributed by atoms with Gasteiger partial charge in [0.15, 0.2) is 17.5 Å². The van der Waals surface area contributed by atoms with E-state index < -0.39 is 0 Å². The predicted octanol–water partition coefficient (Wildman–Crippen LogP) is 2.93. The zero-order chi connectivity index (χ0) is 14.9. The topological polar surface area (TPSA) is 54.9 Å². The Morgan fingerprint density at radius 1 is 1.18 bits per heavy atom. The van der Waals surface area contributed by atoms with Gasteiger partial charge in [-0.15, -0.1) is 24.0 Å². The average molecular weight is 419 g/mol. The van der Waals surface area contributed by atoms with Crippen molar-refractivity contribution in [2.24, 2.45) is 4.99 Å². The average Bonchev–Trinajstić information content (AvgIpc) is 2.75. The number of halogens is 1. The van der Waals surface area contributed by atoms with Crippen LogP contribution in [0.5, 0.6) is 11.5 Å². The largest absolute Gasteiger partial charge is 0.490 e. The number of fused-ring (bicyclic) bond motifs is 1. The van der Waals surface area contributed by atoms with Gasteiger partial charge < -0.3 is 20.1 Å². The Balaban J connectivity index is 0.00000242. The number of hydrogen-bond acceptors (Lipinski definition) is 3. The maximum Gasteiger partial charge on any atom is 0.191 e. The first-order valence-electron chi connectivity index (χ1n) is 7.66. The molecule has 1 aliphatic rings. The number of rotatable bonds is 5. The van der Waals surface area contributed by atoms with Crippen molar-refractivity contribution in [2.75, 3.05) is 26.8 Å². The summed E-state index contributed by atoms with van der Waals surface area (Å²) in [6.45, 7) is 5.26. The Morgan fingerprint density at radius 2 is 1.95 bits per heavy atom. The third-order valence-corrected chi connectivity index (χ3v) is 3.32. The second-order valence-corrected chi connectivity index (χ2v) is 5.04. The van der Waals surface area contributed by atoms with Crippen molar-refractivity contribution in [1.82, 2.24) is 10.6 Å². The van der Waals surface area contributed by atoms with E-state index in [-0.39, 0.29) is 24.0 Å². The number of ether oxygens (including phenoxy) is 2. The molecule has 0 unspecified atom stereocenters. The van der Waals surface area contributed by atoms with Crippen molar-refractivity contribution in [3.63, 3.8) is 0 Å². The van der Waals surface area contributed by atoms with Gasteiger partial charge in [-0.1, -0.05) is 19.4 Å². The van der Waals surface area contributed by atoms with Crippen LogP contribution in [0.3, 0.4) is 0 Å². The van der Waals surface area contributed by atoms with Gasteiger partial charge in [-0.25, -0.2) is 0 Å². The van der Waals surface area contributed by atoms with Crippen molar-refractivity contribution >= 4 is 29.9 Å². The predicted molar refractivity (Wildman–Crippen MR) is 101 cm³/mol. The summed E-state index contributed by atoms with van der Waals surface area (Å²) >= 11 is 0. The highest BCUT2D eigenvalue weighted by atomic mass is 127. The van der Waals surface area contributed by atoms with Gasteiger partial charge in [-0.3, -0.25) is 4.99 Å². The molecule has 0 bridgehead atoms. The molecule has 1 aromatic rings. The van der Waals surface area contributed by atoms with Crippen molar-refractivity contribution in [1.29, 1.82) is 0 Å². The summed E-state index contributed by atoms with van der Waals surface area (Å²) in [6.07, 6.45) is 3.24. The van der Waals surface area contributed by atoms with Gasteiger partial charge in [0.2, 0.25) is 0 Å². The Hall–Kier alpha value is -1.18. The van der Waals surface area contributed by atoms with Gasteiger partial charge in [0.05, 0.1) is 13.2 Å². The number of nitrogens with zero attached hydrogens (tertiary/aromatic N) is 1. The number of aliphatic imine (C=N–C) groups is 1.